The average Bonchev–Trinajstić information content (AvgIpc) is 2.74. The molecule has 3 aromatic carbocycles. The van der Waals surface area contributed by atoms with Crippen LogP contribution in [0.2, 0.25) is 5.02 Å². The molecule has 0 saturated heterocycles. The monoisotopic (exact) mass is 485 g/mol. The van der Waals surface area contributed by atoms with E-state index in [0.717, 1.165) is 11.6 Å². The Morgan fingerprint density at radius 2 is 2.03 bits per heavy atom. The standard InChI is InChI=1S/C22H14BrClFN3O2/c23-18-9-15(6-8-21(18)30-13-16-3-1-2-4-19(16)24)12-27-28-22(29)17-7-5-14(11-26)10-20(17)25/h1-10,12H,13H2,(H,28,29)/b27-12-. The Kier molecular flexibility index (Phi) is 7.17. The highest BCUT2D eigenvalue weighted by Crippen LogP contribution is 2.27. The number of rotatable bonds is 6. The Balaban J connectivity index is 1.61. The van der Waals surface area contributed by atoms with Gasteiger partial charge in [0.1, 0.15) is 18.2 Å². The van der Waals surface area contributed by atoms with Crippen molar-refractivity contribution in [1.82, 2.24) is 5.43 Å². The summed E-state index contributed by atoms with van der Waals surface area (Å²) in [7, 11) is 0. The molecule has 0 unspecified atom stereocenters. The van der Waals surface area contributed by atoms with Crippen LogP contribution in [0.15, 0.2) is 70.2 Å². The predicted molar refractivity (Wildman–Crippen MR) is 116 cm³/mol. The zero-order chi connectivity index (χ0) is 21.5. The second-order valence-corrected chi connectivity index (χ2v) is 7.34. The van der Waals surface area contributed by atoms with Gasteiger partial charge in [0.15, 0.2) is 0 Å². The van der Waals surface area contributed by atoms with Crippen molar-refractivity contribution in [2.75, 3.05) is 0 Å². The fourth-order valence-electron chi connectivity index (χ4n) is 2.48. The molecule has 0 aliphatic heterocycles. The fraction of sp³-hybridized carbons (Fsp3) is 0.0455. The number of carbonyl (C=O) groups is 1. The van der Waals surface area contributed by atoms with Crippen LogP contribution >= 0.6 is 27.5 Å². The Labute approximate surface area is 185 Å². The molecule has 5 nitrogen and oxygen atoms in total. The molecule has 8 heteroatoms. The number of nitrogens with one attached hydrogen (secondary N) is 1. The molecule has 0 spiro atoms. The first-order valence-electron chi connectivity index (χ1n) is 8.66. The van der Waals surface area contributed by atoms with Crippen molar-refractivity contribution in [3.05, 3.63) is 98.2 Å². The van der Waals surface area contributed by atoms with Crippen LogP contribution in [0, 0.1) is 17.1 Å². The number of halogens is 3. The lowest BCUT2D eigenvalue weighted by atomic mass is 10.1. The third-order valence-corrected chi connectivity index (χ3v) is 5.01. The maximum Gasteiger partial charge on any atom is 0.274 e. The maximum absolute atomic E-state index is 13.9. The summed E-state index contributed by atoms with van der Waals surface area (Å²) in [5.41, 5.74) is 3.75. The highest BCUT2D eigenvalue weighted by molar-refractivity contribution is 9.10. The van der Waals surface area contributed by atoms with Crippen molar-refractivity contribution in [1.29, 1.82) is 5.26 Å². The van der Waals surface area contributed by atoms with Gasteiger partial charge in [-0.15, -0.1) is 0 Å². The quantitative estimate of drug-likeness (QED) is 0.371. The number of ether oxygens (including phenoxy) is 1. The number of hydrogen-bond acceptors (Lipinski definition) is 4. The van der Waals surface area contributed by atoms with E-state index in [9.17, 15) is 9.18 Å². The second kappa shape index (κ2) is 10.0. The molecular formula is C22H14BrClFN3O2. The molecule has 150 valence electrons. The lowest BCUT2D eigenvalue weighted by Crippen LogP contribution is -2.19. The predicted octanol–water partition coefficient (Wildman–Crippen LogP) is 5.46. The first-order valence-corrected chi connectivity index (χ1v) is 9.84. The van der Waals surface area contributed by atoms with Crippen LogP contribution in [0.1, 0.15) is 27.0 Å². The molecule has 0 aliphatic rings. The van der Waals surface area contributed by atoms with E-state index in [2.05, 4.69) is 26.5 Å². The van der Waals surface area contributed by atoms with E-state index in [-0.39, 0.29) is 11.1 Å². The van der Waals surface area contributed by atoms with E-state index in [1.54, 1.807) is 30.3 Å². The number of amides is 1. The number of carbonyl (C=O) groups excluding carboxylic acids is 1. The van der Waals surface area contributed by atoms with Crippen LogP contribution in [0.5, 0.6) is 5.75 Å². The normalized spacial score (nSPS) is 10.6. The van der Waals surface area contributed by atoms with Gasteiger partial charge in [0.05, 0.1) is 27.9 Å². The largest absolute Gasteiger partial charge is 0.488 e. The summed E-state index contributed by atoms with van der Waals surface area (Å²) in [6.07, 6.45) is 1.42. The SMILES string of the molecule is N#Cc1ccc(C(=O)N/N=C\c2ccc(OCc3ccccc3Cl)c(Br)c2)c(F)c1. The Morgan fingerprint density at radius 1 is 1.23 bits per heavy atom. The molecule has 0 atom stereocenters. The molecule has 0 radical (unpaired) electrons. The molecule has 0 bridgehead atoms. The number of hydrogen-bond donors (Lipinski definition) is 1. The third kappa shape index (κ3) is 5.44. The van der Waals surface area contributed by atoms with Gasteiger partial charge in [-0.25, -0.2) is 9.82 Å². The van der Waals surface area contributed by atoms with Gasteiger partial charge in [-0.1, -0.05) is 29.8 Å². The van der Waals surface area contributed by atoms with Gasteiger partial charge in [-0.3, -0.25) is 4.79 Å². The van der Waals surface area contributed by atoms with Crippen molar-refractivity contribution in [2.24, 2.45) is 5.10 Å². The molecule has 1 N–H and O–H groups in total. The van der Waals surface area contributed by atoms with Crippen LogP contribution in [0.3, 0.4) is 0 Å². The van der Waals surface area contributed by atoms with Crippen LogP contribution < -0.4 is 10.2 Å². The molecule has 0 saturated carbocycles. The van der Waals surface area contributed by atoms with Gasteiger partial charge >= 0.3 is 0 Å². The summed E-state index contributed by atoms with van der Waals surface area (Å²) >= 11 is 9.56. The zero-order valence-electron chi connectivity index (χ0n) is 15.4. The minimum atomic E-state index is -0.787. The van der Waals surface area contributed by atoms with E-state index < -0.39 is 11.7 Å². The fourth-order valence-corrected chi connectivity index (χ4v) is 3.18. The van der Waals surface area contributed by atoms with E-state index in [4.69, 9.17) is 21.6 Å². The van der Waals surface area contributed by atoms with Crippen molar-refractivity contribution < 1.29 is 13.9 Å². The van der Waals surface area contributed by atoms with E-state index in [1.807, 2.05) is 18.2 Å². The molecule has 1 amide bonds. The summed E-state index contributed by atoms with van der Waals surface area (Å²) < 4.78 is 20.3. The highest BCUT2D eigenvalue weighted by Gasteiger charge is 2.11. The third-order valence-electron chi connectivity index (χ3n) is 4.02. The first-order chi connectivity index (χ1) is 14.5. The Hall–Kier alpha value is -3.21. The smallest absolute Gasteiger partial charge is 0.274 e. The van der Waals surface area contributed by atoms with Crippen molar-refractivity contribution in [3.63, 3.8) is 0 Å². The molecule has 0 fully saturated rings. The topological polar surface area (TPSA) is 74.5 Å². The average molecular weight is 487 g/mol. The summed E-state index contributed by atoms with van der Waals surface area (Å²) in [4.78, 5) is 12.0. The maximum atomic E-state index is 13.9. The molecule has 3 aromatic rings. The summed E-state index contributed by atoms with van der Waals surface area (Å²) in [6.45, 7) is 0.317. The number of nitrogens with zero attached hydrogens (tertiary/aromatic N) is 2. The molecular weight excluding hydrogens is 473 g/mol. The van der Waals surface area contributed by atoms with E-state index >= 15 is 0 Å². The lowest BCUT2D eigenvalue weighted by molar-refractivity contribution is 0.0951. The van der Waals surface area contributed by atoms with Crippen LogP contribution in [0.25, 0.3) is 0 Å². The summed E-state index contributed by atoms with van der Waals surface area (Å²) in [5.74, 6) is -0.882. The van der Waals surface area contributed by atoms with Gasteiger partial charge in [-0.05, 0) is 64.0 Å². The first kappa shape index (κ1) is 21.5. The number of benzene rings is 3. The van der Waals surface area contributed by atoms with Gasteiger partial charge in [0.2, 0.25) is 0 Å². The van der Waals surface area contributed by atoms with Crippen molar-refractivity contribution >= 4 is 39.7 Å². The molecule has 0 aromatic heterocycles. The van der Waals surface area contributed by atoms with Crippen molar-refractivity contribution in [2.45, 2.75) is 6.61 Å². The minimum Gasteiger partial charge on any atom is -0.488 e. The molecule has 0 heterocycles. The molecule has 30 heavy (non-hydrogen) atoms. The van der Waals surface area contributed by atoms with Gasteiger partial charge in [0.25, 0.3) is 5.91 Å². The number of hydrazone groups is 1. The van der Waals surface area contributed by atoms with Gasteiger partial charge in [-0.2, -0.15) is 10.4 Å². The van der Waals surface area contributed by atoms with Crippen LogP contribution in [0.4, 0.5) is 4.39 Å². The second-order valence-electron chi connectivity index (χ2n) is 6.08. The Bertz CT molecular complexity index is 1160. The van der Waals surface area contributed by atoms with Crippen LogP contribution in [-0.2, 0) is 6.61 Å². The van der Waals surface area contributed by atoms with E-state index in [1.165, 1.54) is 18.3 Å². The summed E-state index contributed by atoms with van der Waals surface area (Å²) in [5, 5.41) is 13.2. The van der Waals surface area contributed by atoms with Crippen LogP contribution in [-0.4, -0.2) is 12.1 Å². The minimum absolute atomic E-state index is 0.134. The van der Waals surface area contributed by atoms with Gasteiger partial charge in [0, 0.05) is 10.6 Å². The van der Waals surface area contributed by atoms with E-state index in [0.29, 0.717) is 27.4 Å². The highest BCUT2D eigenvalue weighted by atomic mass is 79.9. The summed E-state index contributed by atoms with van der Waals surface area (Å²) in [6, 6.07) is 18.1. The Morgan fingerprint density at radius 3 is 2.73 bits per heavy atom. The molecule has 0 aliphatic carbocycles. The zero-order valence-corrected chi connectivity index (χ0v) is 17.7. The number of nitriles is 1. The molecule has 3 rings (SSSR count). The lowest BCUT2D eigenvalue weighted by Gasteiger charge is -2.10. The van der Waals surface area contributed by atoms with Crippen molar-refractivity contribution in [3.8, 4) is 11.8 Å². The van der Waals surface area contributed by atoms with Gasteiger partial charge < -0.3 is 4.74 Å².